The van der Waals surface area contributed by atoms with Gasteiger partial charge in [-0.05, 0) is 104 Å². The summed E-state index contributed by atoms with van der Waals surface area (Å²) in [4.78, 5) is 8.42. The van der Waals surface area contributed by atoms with Crippen molar-refractivity contribution in [3.05, 3.63) is 84.4 Å². The minimum Gasteiger partial charge on any atom is -0.265 e. The van der Waals surface area contributed by atoms with Crippen molar-refractivity contribution in [3.8, 4) is 22.3 Å². The second kappa shape index (κ2) is 7.36. The molecule has 2 aromatic heterocycles. The third-order valence-electron chi connectivity index (χ3n) is 5.71. The van der Waals surface area contributed by atoms with Crippen LogP contribution in [-0.4, -0.2) is 9.97 Å². The molecular weight excluding hydrogens is 364 g/mol. The molecule has 0 aliphatic rings. The van der Waals surface area contributed by atoms with Crippen LogP contribution in [0.3, 0.4) is 0 Å². The summed E-state index contributed by atoms with van der Waals surface area (Å²) < 4.78 is 0. The van der Waals surface area contributed by atoms with Crippen LogP contribution in [0.2, 0.25) is 0 Å². The van der Waals surface area contributed by atoms with E-state index >= 15 is 0 Å². The van der Waals surface area contributed by atoms with Crippen molar-refractivity contribution in [1.29, 1.82) is 0 Å². The molecule has 0 saturated heterocycles. The molecule has 0 spiro atoms. The van der Waals surface area contributed by atoms with Gasteiger partial charge in [0.05, 0.1) is 0 Å². The second-order valence-corrected chi connectivity index (χ2v) is 10.1. The van der Waals surface area contributed by atoms with E-state index in [0.29, 0.717) is 0 Å². The molecule has 4 rings (SSSR count). The lowest BCUT2D eigenvalue weighted by atomic mass is 9.77. The zero-order valence-electron chi connectivity index (χ0n) is 18.8. The Hall–Kier alpha value is -3.00. The molecule has 2 aromatic carbocycles. The first-order valence-corrected chi connectivity index (χ1v) is 10.6. The van der Waals surface area contributed by atoms with E-state index in [1.165, 1.54) is 44.2 Å². The maximum atomic E-state index is 4.21. The van der Waals surface area contributed by atoms with Crippen molar-refractivity contribution in [2.75, 3.05) is 0 Å². The number of aromatic nitrogens is 2. The number of fused-ring (bicyclic) bond motifs is 1. The van der Waals surface area contributed by atoms with Crippen molar-refractivity contribution in [2.24, 2.45) is 0 Å². The highest BCUT2D eigenvalue weighted by Gasteiger charge is 2.23. The van der Waals surface area contributed by atoms with Crippen molar-refractivity contribution in [1.82, 2.24) is 9.97 Å². The van der Waals surface area contributed by atoms with Gasteiger partial charge in [0.2, 0.25) is 0 Å². The number of nitrogens with zero attached hydrogens (tertiary/aromatic N) is 2. The zero-order chi connectivity index (χ0) is 21.5. The number of rotatable bonds is 2. The summed E-state index contributed by atoms with van der Waals surface area (Å²) in [6, 6.07) is 17.9. The van der Waals surface area contributed by atoms with Crippen LogP contribution in [0.25, 0.3) is 33.0 Å². The Labute approximate surface area is 180 Å². The fraction of sp³-hybridized carbons (Fsp3) is 0.286. The summed E-state index contributed by atoms with van der Waals surface area (Å²) in [7, 11) is 0. The molecule has 30 heavy (non-hydrogen) atoms. The Morgan fingerprint density at radius 2 is 0.833 bits per heavy atom. The van der Waals surface area contributed by atoms with Crippen molar-refractivity contribution < 1.29 is 0 Å². The molecule has 2 nitrogen and oxygen atoms in total. The molecule has 152 valence electrons. The first-order chi connectivity index (χ1) is 14.1. The zero-order valence-corrected chi connectivity index (χ0v) is 18.8. The van der Waals surface area contributed by atoms with Gasteiger partial charge in [-0.15, -0.1) is 0 Å². The second-order valence-electron chi connectivity index (χ2n) is 10.1. The first kappa shape index (κ1) is 20.3. The van der Waals surface area contributed by atoms with E-state index in [1.54, 1.807) is 0 Å². The quantitative estimate of drug-likeness (QED) is 0.350. The first-order valence-electron chi connectivity index (χ1n) is 10.6. The Balaban J connectivity index is 2.06. The third-order valence-corrected chi connectivity index (χ3v) is 5.71. The van der Waals surface area contributed by atoms with E-state index in [2.05, 4.69) is 100 Å². The van der Waals surface area contributed by atoms with Gasteiger partial charge in [-0.3, -0.25) is 9.97 Å². The summed E-state index contributed by atoms with van der Waals surface area (Å²) in [5, 5.41) is 2.55. The van der Waals surface area contributed by atoms with E-state index in [4.69, 9.17) is 0 Å². The fourth-order valence-electron chi connectivity index (χ4n) is 4.13. The average Bonchev–Trinajstić information content (AvgIpc) is 2.72. The van der Waals surface area contributed by atoms with Gasteiger partial charge in [-0.25, -0.2) is 0 Å². The van der Waals surface area contributed by atoms with E-state index in [0.717, 1.165) is 0 Å². The lowest BCUT2D eigenvalue weighted by molar-refractivity contribution is 0.591. The third kappa shape index (κ3) is 3.87. The maximum absolute atomic E-state index is 4.21. The molecule has 0 aliphatic carbocycles. The standard InChI is InChI=1S/C28H30N2/c1-27(2,3)25-17-22-18-26(28(4,5)6)24(20-9-13-30-14-10-20)16-21(22)15-23(25)19-7-11-29-12-8-19/h7-18H,1-6H3. The number of hydrogen-bond acceptors (Lipinski definition) is 2. The lowest BCUT2D eigenvalue weighted by Gasteiger charge is -2.27. The lowest BCUT2D eigenvalue weighted by Crippen LogP contribution is -2.14. The number of pyridine rings is 2. The van der Waals surface area contributed by atoms with Gasteiger partial charge in [0.25, 0.3) is 0 Å². The average molecular weight is 395 g/mol. The monoisotopic (exact) mass is 394 g/mol. The Morgan fingerprint density at radius 3 is 1.17 bits per heavy atom. The molecule has 0 amide bonds. The Morgan fingerprint density at radius 1 is 0.500 bits per heavy atom. The summed E-state index contributed by atoms with van der Waals surface area (Å²) in [5.74, 6) is 0. The summed E-state index contributed by atoms with van der Waals surface area (Å²) >= 11 is 0. The topological polar surface area (TPSA) is 25.8 Å². The minimum absolute atomic E-state index is 0.0401. The van der Waals surface area contributed by atoms with Crippen LogP contribution in [0.1, 0.15) is 52.7 Å². The van der Waals surface area contributed by atoms with Gasteiger partial charge in [0, 0.05) is 24.8 Å². The van der Waals surface area contributed by atoms with Crippen LogP contribution in [0.15, 0.2) is 73.3 Å². The molecule has 0 fully saturated rings. The largest absolute Gasteiger partial charge is 0.265 e. The summed E-state index contributed by atoms with van der Waals surface area (Å²) in [6.07, 6.45) is 7.49. The van der Waals surface area contributed by atoms with Crippen LogP contribution in [-0.2, 0) is 10.8 Å². The van der Waals surface area contributed by atoms with Gasteiger partial charge in [0.1, 0.15) is 0 Å². The smallest absolute Gasteiger partial charge is 0.0273 e. The molecule has 0 radical (unpaired) electrons. The maximum Gasteiger partial charge on any atom is 0.0273 e. The van der Waals surface area contributed by atoms with Crippen molar-refractivity contribution >= 4 is 10.8 Å². The molecule has 0 bridgehead atoms. The van der Waals surface area contributed by atoms with Gasteiger partial charge in [0.15, 0.2) is 0 Å². The normalized spacial score (nSPS) is 12.3. The predicted octanol–water partition coefficient (Wildman–Crippen LogP) is 7.56. The van der Waals surface area contributed by atoms with Crippen LogP contribution >= 0.6 is 0 Å². The van der Waals surface area contributed by atoms with E-state index in [9.17, 15) is 0 Å². The predicted molar refractivity (Wildman–Crippen MR) is 128 cm³/mol. The molecule has 0 saturated carbocycles. The summed E-state index contributed by atoms with van der Waals surface area (Å²) in [5.41, 5.74) is 7.78. The van der Waals surface area contributed by atoms with Gasteiger partial charge < -0.3 is 0 Å². The molecule has 2 heteroatoms. The molecule has 0 N–H and O–H groups in total. The van der Waals surface area contributed by atoms with Gasteiger partial charge in [-0.1, -0.05) is 41.5 Å². The molecular formula is C28H30N2. The van der Waals surface area contributed by atoms with Crippen molar-refractivity contribution in [3.63, 3.8) is 0 Å². The number of benzene rings is 2. The van der Waals surface area contributed by atoms with E-state index in [1.807, 2.05) is 24.8 Å². The Bertz CT molecular complexity index is 1090. The minimum atomic E-state index is 0.0401. The van der Waals surface area contributed by atoms with Crippen LogP contribution in [0, 0.1) is 0 Å². The van der Waals surface area contributed by atoms with Crippen LogP contribution in [0.4, 0.5) is 0 Å². The van der Waals surface area contributed by atoms with E-state index < -0.39 is 0 Å². The fourth-order valence-corrected chi connectivity index (χ4v) is 4.13. The molecule has 0 aliphatic heterocycles. The van der Waals surface area contributed by atoms with Gasteiger partial charge >= 0.3 is 0 Å². The Kier molecular flexibility index (Phi) is 4.97. The molecule has 0 unspecified atom stereocenters. The molecule has 2 heterocycles. The SMILES string of the molecule is CC(C)(C)c1cc2cc(C(C)(C)C)c(-c3ccncc3)cc2cc1-c1ccncc1. The highest BCUT2D eigenvalue weighted by Crippen LogP contribution is 2.40. The van der Waals surface area contributed by atoms with E-state index in [-0.39, 0.29) is 10.8 Å². The number of hydrogen-bond donors (Lipinski definition) is 0. The van der Waals surface area contributed by atoms with Crippen LogP contribution in [0.5, 0.6) is 0 Å². The highest BCUT2D eigenvalue weighted by molar-refractivity contribution is 5.94. The van der Waals surface area contributed by atoms with Crippen LogP contribution < -0.4 is 0 Å². The highest BCUT2D eigenvalue weighted by atomic mass is 14.6. The molecule has 4 aromatic rings. The van der Waals surface area contributed by atoms with Gasteiger partial charge in [-0.2, -0.15) is 0 Å². The molecule has 0 atom stereocenters. The summed E-state index contributed by atoms with van der Waals surface area (Å²) in [6.45, 7) is 13.7. The van der Waals surface area contributed by atoms with Crippen molar-refractivity contribution in [2.45, 2.75) is 52.4 Å².